The van der Waals surface area contributed by atoms with Crippen molar-refractivity contribution in [2.45, 2.75) is 160 Å². The van der Waals surface area contributed by atoms with Gasteiger partial charge in [0.25, 0.3) is 0 Å². The van der Waals surface area contributed by atoms with Gasteiger partial charge in [0.2, 0.25) is 0 Å². The molecule has 0 saturated carbocycles. The van der Waals surface area contributed by atoms with Gasteiger partial charge in [-0.25, -0.2) is 13.2 Å². The van der Waals surface area contributed by atoms with Gasteiger partial charge in [0.1, 0.15) is 9.84 Å². The Balaban J connectivity index is -0.0000000881. The quantitative estimate of drug-likeness (QED) is 0.157. The summed E-state index contributed by atoms with van der Waals surface area (Å²) < 4.78 is 40.1. The van der Waals surface area contributed by atoms with Crippen LogP contribution in [0.15, 0.2) is 0 Å². The lowest BCUT2D eigenvalue weighted by Gasteiger charge is -2.33. The van der Waals surface area contributed by atoms with E-state index in [2.05, 4.69) is 107 Å². The largest absolute Gasteiger partial charge is 0.469 e. The highest BCUT2D eigenvalue weighted by Gasteiger charge is 2.30. The second-order valence-electron chi connectivity index (χ2n) is 18.1. The van der Waals surface area contributed by atoms with Gasteiger partial charge in [-0.3, -0.25) is 14.4 Å². The first-order valence-electron chi connectivity index (χ1n) is 17.8. The van der Waals surface area contributed by atoms with Crippen LogP contribution in [-0.2, 0) is 43.2 Å². The molecule has 4 unspecified atom stereocenters. The van der Waals surface area contributed by atoms with E-state index in [9.17, 15) is 27.6 Å². The summed E-state index contributed by atoms with van der Waals surface area (Å²) in [5.41, 5.74) is 0.356. The lowest BCUT2D eigenvalue weighted by molar-refractivity contribution is -0.144. The Labute approximate surface area is 342 Å². The maximum Gasteiger partial charge on any atom is 0.406 e. The monoisotopic (exact) mass is 818 g/mol. The average Bonchev–Trinajstić information content (AvgIpc) is 2.95. The van der Waals surface area contributed by atoms with Crippen LogP contribution in [0.1, 0.15) is 160 Å². The number of esters is 3. The number of hydrogen-bond donors (Lipinski definition) is 1. The van der Waals surface area contributed by atoms with Crippen LogP contribution in [0.25, 0.3) is 0 Å². The van der Waals surface area contributed by atoms with Crippen molar-refractivity contribution in [1.82, 2.24) is 5.32 Å². The van der Waals surface area contributed by atoms with Crippen LogP contribution >= 0.6 is 0 Å². The smallest absolute Gasteiger partial charge is 0.406 e. The van der Waals surface area contributed by atoms with E-state index in [1.165, 1.54) is 34.7 Å². The van der Waals surface area contributed by atoms with E-state index in [1.54, 1.807) is 0 Å². The summed E-state index contributed by atoms with van der Waals surface area (Å²) in [6.45, 7) is 33.8. The third-order valence-electron chi connectivity index (χ3n) is 9.29. The number of methoxy groups -OCH3 is 4. The number of ether oxygens (including phenoxy) is 4. The predicted molar refractivity (Wildman–Crippen MR) is 235 cm³/mol. The van der Waals surface area contributed by atoms with Gasteiger partial charge >= 0.3 is 24.0 Å². The van der Waals surface area contributed by atoms with Crippen molar-refractivity contribution in [3.05, 3.63) is 0 Å². The third-order valence-corrected chi connectivity index (χ3v) is 10.4. The molecule has 0 aliphatic rings. The molecule has 0 heterocycles. The van der Waals surface area contributed by atoms with E-state index in [-0.39, 0.29) is 93.3 Å². The molecule has 0 aliphatic carbocycles. The maximum atomic E-state index is 11.2. The number of nitrogens with one attached hydrogen (secondary N) is 1. The highest BCUT2D eigenvalue weighted by Crippen LogP contribution is 2.35. The molecular formula is C43H95NO10S. The van der Waals surface area contributed by atoms with Gasteiger partial charge in [0.15, 0.2) is 0 Å². The van der Waals surface area contributed by atoms with Crippen molar-refractivity contribution in [2.75, 3.05) is 47.0 Å². The topological polar surface area (TPSA) is 151 Å². The lowest BCUT2D eigenvalue weighted by Crippen LogP contribution is -2.36. The first-order valence-corrected chi connectivity index (χ1v) is 19.9. The maximum absolute atomic E-state index is 11.2. The van der Waals surface area contributed by atoms with Crippen molar-refractivity contribution >= 4 is 33.8 Å². The minimum absolute atomic E-state index is 0. The van der Waals surface area contributed by atoms with Gasteiger partial charge in [0, 0.05) is 25.6 Å². The number of hydrogen-bond acceptors (Lipinski definition) is 10. The summed E-state index contributed by atoms with van der Waals surface area (Å²) in [6, 6.07) is 0. The lowest BCUT2D eigenvalue weighted by atomic mass is 9.72. The summed E-state index contributed by atoms with van der Waals surface area (Å²) in [5.74, 6) is 1.30. The second-order valence-corrected chi connectivity index (χ2v) is 20.3. The Morgan fingerprint density at radius 1 is 0.527 bits per heavy atom. The number of carbonyl (C=O) groups excluding carboxylic acids is 4. The van der Waals surface area contributed by atoms with Crippen LogP contribution in [0.4, 0.5) is 4.79 Å². The van der Waals surface area contributed by atoms with E-state index < -0.39 is 15.9 Å². The molecule has 0 saturated heterocycles. The minimum Gasteiger partial charge on any atom is -0.469 e. The standard InChI is InChI=1S/C11H21NO4.C11H22O2.C9H18O2.C8H18O2S.4CH4/c1-11(2,3)8(6-9(13)15-4)7-12-10(14)16-5;1-8(2)9(11(3,4)5)7-10(12)13-6;1-7(9(2,3)4)6-8(10)11-5;1-7(8(2,3)4)6-11(5,9)10;;;;/h8H,6-7H2,1-5H3,(H,12,14);8-9H,7H2,1-6H3;2*7H,6H2,1-5H3;4*1H4. The number of amides is 1. The van der Waals surface area contributed by atoms with E-state index >= 15 is 0 Å². The average molecular weight is 818 g/mol. The Kier molecular flexibility index (Phi) is 40.6. The van der Waals surface area contributed by atoms with Crippen LogP contribution in [0.5, 0.6) is 0 Å². The molecule has 0 bridgehead atoms. The first kappa shape index (κ1) is 70.4. The van der Waals surface area contributed by atoms with Gasteiger partial charge in [-0.05, 0) is 51.2 Å². The summed E-state index contributed by atoms with van der Waals surface area (Å²) in [5, 5.41) is 2.60. The first-order chi connectivity index (χ1) is 22.6. The van der Waals surface area contributed by atoms with Gasteiger partial charge < -0.3 is 24.3 Å². The van der Waals surface area contributed by atoms with Crippen LogP contribution in [-0.4, -0.2) is 79.4 Å². The van der Waals surface area contributed by atoms with Crippen molar-refractivity contribution in [2.24, 2.45) is 51.2 Å². The zero-order valence-electron chi connectivity index (χ0n) is 36.4. The molecule has 55 heavy (non-hydrogen) atoms. The number of rotatable bonds is 11. The molecular weight excluding hydrogens is 723 g/mol. The van der Waals surface area contributed by atoms with Crippen LogP contribution in [0.3, 0.4) is 0 Å². The van der Waals surface area contributed by atoms with Crippen molar-refractivity contribution in [3.63, 3.8) is 0 Å². The normalized spacial score (nSPS) is 13.3. The third kappa shape index (κ3) is 41.1. The van der Waals surface area contributed by atoms with Gasteiger partial charge in [-0.1, -0.05) is 140 Å². The summed E-state index contributed by atoms with van der Waals surface area (Å²) in [7, 11) is 2.73. The molecule has 1 amide bonds. The fourth-order valence-electron chi connectivity index (χ4n) is 4.40. The van der Waals surface area contributed by atoms with Crippen molar-refractivity contribution in [1.29, 1.82) is 0 Å². The molecule has 12 heteroatoms. The molecule has 11 nitrogen and oxygen atoms in total. The SMILES string of the molecule is C.C.C.C.CC(CS(C)(=O)=O)C(C)(C)C.COC(=O)CC(C(C)C)C(C)(C)C.COC(=O)CC(C)C(C)(C)C.COC(=O)CC(CNC(=O)OC)C(C)(C)C. The van der Waals surface area contributed by atoms with E-state index in [0.29, 0.717) is 37.1 Å². The molecule has 0 aromatic rings. The van der Waals surface area contributed by atoms with E-state index in [4.69, 9.17) is 0 Å². The molecule has 0 aliphatic heterocycles. The number of sulfone groups is 1. The van der Waals surface area contributed by atoms with Gasteiger partial charge in [-0.15, -0.1) is 0 Å². The molecule has 0 aromatic carbocycles. The molecule has 0 radical (unpaired) electrons. The zero-order valence-corrected chi connectivity index (χ0v) is 37.2. The Bertz CT molecular complexity index is 1110. The van der Waals surface area contributed by atoms with Gasteiger partial charge in [-0.2, -0.15) is 0 Å². The molecule has 4 atom stereocenters. The molecule has 0 spiro atoms. The molecule has 0 fully saturated rings. The predicted octanol–water partition coefficient (Wildman–Crippen LogP) is 10.9. The van der Waals surface area contributed by atoms with Gasteiger partial charge in [0.05, 0.1) is 40.6 Å². The van der Waals surface area contributed by atoms with Crippen molar-refractivity contribution in [3.8, 4) is 0 Å². The van der Waals surface area contributed by atoms with Crippen LogP contribution < -0.4 is 5.32 Å². The summed E-state index contributed by atoms with van der Waals surface area (Å²) >= 11 is 0. The zero-order chi connectivity index (χ0) is 41.8. The van der Waals surface area contributed by atoms with Crippen LogP contribution in [0.2, 0.25) is 0 Å². The molecule has 1 N–H and O–H groups in total. The molecule has 338 valence electrons. The van der Waals surface area contributed by atoms with E-state index in [0.717, 1.165) is 0 Å². The summed E-state index contributed by atoms with van der Waals surface area (Å²) in [6.07, 6.45) is 2.12. The number of alkyl carbamates (subject to hydrolysis) is 1. The Hall–Kier alpha value is -2.37. The fraction of sp³-hybridized carbons (Fsp3) is 0.907. The van der Waals surface area contributed by atoms with Crippen LogP contribution in [0, 0.1) is 51.2 Å². The Morgan fingerprint density at radius 3 is 1.11 bits per heavy atom. The fourth-order valence-corrected chi connectivity index (χ4v) is 5.80. The molecule has 0 rings (SSSR count). The molecule has 0 aromatic heterocycles. The Morgan fingerprint density at radius 2 is 0.873 bits per heavy atom. The minimum atomic E-state index is -2.81. The van der Waals surface area contributed by atoms with E-state index in [1.807, 2.05) is 27.7 Å². The number of carbonyl (C=O) groups is 4. The second kappa shape index (κ2) is 31.7. The summed E-state index contributed by atoms with van der Waals surface area (Å²) in [4.78, 5) is 44.2. The van der Waals surface area contributed by atoms with Crippen molar-refractivity contribution < 1.29 is 46.5 Å². The highest BCUT2D eigenvalue weighted by molar-refractivity contribution is 7.90. The highest BCUT2D eigenvalue weighted by atomic mass is 32.2.